The van der Waals surface area contributed by atoms with Crippen molar-refractivity contribution in [2.75, 3.05) is 0 Å². The molecule has 2 N–H and O–H groups in total. The molecule has 0 spiro atoms. The number of hydrogen-bond acceptors (Lipinski definition) is 2. The van der Waals surface area contributed by atoms with Crippen molar-refractivity contribution in [2.45, 2.75) is 57.8 Å². The van der Waals surface area contributed by atoms with E-state index in [-0.39, 0.29) is 0 Å². The highest BCUT2D eigenvalue weighted by molar-refractivity contribution is 4.74. The molecular weight excluding hydrogens is 138 g/mol. The molecule has 2 heteroatoms. The van der Waals surface area contributed by atoms with E-state index in [4.69, 9.17) is 10.5 Å². The van der Waals surface area contributed by atoms with Gasteiger partial charge in [-0.25, -0.2) is 0 Å². The lowest BCUT2D eigenvalue weighted by Gasteiger charge is -2.27. The van der Waals surface area contributed by atoms with Crippen molar-refractivity contribution < 1.29 is 4.74 Å². The summed E-state index contributed by atoms with van der Waals surface area (Å²) in [7, 11) is 0. The largest absolute Gasteiger partial charge is 0.376 e. The Morgan fingerprint density at radius 1 is 1.18 bits per heavy atom. The van der Waals surface area contributed by atoms with E-state index < -0.39 is 0 Å². The summed E-state index contributed by atoms with van der Waals surface area (Å²) in [5.41, 5.74) is 5.77. The maximum Gasteiger partial charge on any atom is 0.0579 e. The maximum absolute atomic E-state index is 5.77. The van der Waals surface area contributed by atoms with Crippen LogP contribution in [0.15, 0.2) is 0 Å². The van der Waals surface area contributed by atoms with Crippen LogP contribution >= 0.6 is 0 Å². The molecule has 0 unspecified atom stereocenters. The fourth-order valence-corrected chi connectivity index (χ4v) is 1.61. The Morgan fingerprint density at radius 2 is 1.73 bits per heavy atom. The lowest BCUT2D eigenvalue weighted by molar-refractivity contribution is -0.0142. The Kier molecular flexibility index (Phi) is 3.34. The molecule has 0 amide bonds. The lowest BCUT2D eigenvalue weighted by atomic mass is 9.94. The van der Waals surface area contributed by atoms with Gasteiger partial charge in [-0.15, -0.1) is 0 Å². The molecule has 0 saturated heterocycles. The van der Waals surface area contributed by atoms with Gasteiger partial charge in [0.15, 0.2) is 0 Å². The molecule has 11 heavy (non-hydrogen) atoms. The quantitative estimate of drug-likeness (QED) is 0.662. The van der Waals surface area contributed by atoms with E-state index in [1.807, 2.05) is 0 Å². The summed E-state index contributed by atoms with van der Waals surface area (Å²) in [6.07, 6.45) is 5.43. The van der Waals surface area contributed by atoms with Crippen LogP contribution in [-0.4, -0.2) is 18.2 Å². The second kappa shape index (κ2) is 4.07. The molecule has 0 atom stereocenters. The molecule has 1 aliphatic rings. The lowest BCUT2D eigenvalue weighted by Crippen LogP contribution is -2.31. The standard InChI is InChI=1S/C9H19NO/c1-7(2)11-9-5-3-8(10)4-6-9/h7-9H,3-6,10H2,1-2H3. The van der Waals surface area contributed by atoms with Crippen LogP contribution in [0, 0.1) is 0 Å². The first kappa shape index (κ1) is 9.01. The molecule has 1 aliphatic carbocycles. The van der Waals surface area contributed by atoms with E-state index in [2.05, 4.69) is 13.8 Å². The molecule has 2 nitrogen and oxygen atoms in total. The maximum atomic E-state index is 5.77. The minimum Gasteiger partial charge on any atom is -0.376 e. The van der Waals surface area contributed by atoms with E-state index in [0.29, 0.717) is 18.2 Å². The predicted octanol–water partition coefficient (Wildman–Crippen LogP) is 1.68. The van der Waals surface area contributed by atoms with Gasteiger partial charge in [0.25, 0.3) is 0 Å². The summed E-state index contributed by atoms with van der Waals surface area (Å²) in [6, 6.07) is 0.432. The van der Waals surface area contributed by atoms with Gasteiger partial charge in [-0.1, -0.05) is 0 Å². The molecular formula is C9H19NO. The van der Waals surface area contributed by atoms with Crippen LogP contribution in [0.2, 0.25) is 0 Å². The van der Waals surface area contributed by atoms with Crippen molar-refractivity contribution >= 4 is 0 Å². The molecule has 0 aromatic rings. The highest BCUT2D eigenvalue weighted by atomic mass is 16.5. The van der Waals surface area contributed by atoms with Crippen LogP contribution in [0.3, 0.4) is 0 Å². The molecule has 0 bridgehead atoms. The van der Waals surface area contributed by atoms with E-state index in [9.17, 15) is 0 Å². The van der Waals surface area contributed by atoms with Crippen LogP contribution in [0.4, 0.5) is 0 Å². The Balaban J connectivity index is 2.17. The van der Waals surface area contributed by atoms with Crippen molar-refractivity contribution in [1.29, 1.82) is 0 Å². The third-order valence-electron chi connectivity index (χ3n) is 2.18. The second-order valence-corrected chi connectivity index (χ2v) is 3.72. The minimum absolute atomic E-state index is 0.370. The highest BCUT2D eigenvalue weighted by Crippen LogP contribution is 2.20. The fourth-order valence-electron chi connectivity index (χ4n) is 1.61. The smallest absolute Gasteiger partial charge is 0.0579 e. The van der Waals surface area contributed by atoms with E-state index >= 15 is 0 Å². The number of ether oxygens (including phenoxy) is 1. The zero-order valence-electron chi connectivity index (χ0n) is 7.55. The zero-order chi connectivity index (χ0) is 8.27. The van der Waals surface area contributed by atoms with Crippen molar-refractivity contribution in [3.05, 3.63) is 0 Å². The van der Waals surface area contributed by atoms with Crippen molar-refractivity contribution in [1.82, 2.24) is 0 Å². The molecule has 0 radical (unpaired) electrons. The summed E-state index contributed by atoms with van der Waals surface area (Å²) < 4.78 is 5.68. The molecule has 0 heterocycles. The Morgan fingerprint density at radius 3 is 2.18 bits per heavy atom. The first-order chi connectivity index (χ1) is 5.18. The van der Waals surface area contributed by atoms with Gasteiger partial charge in [0.2, 0.25) is 0 Å². The van der Waals surface area contributed by atoms with Crippen LogP contribution in [0.5, 0.6) is 0 Å². The molecule has 66 valence electrons. The third kappa shape index (κ3) is 3.21. The molecule has 1 saturated carbocycles. The normalized spacial score (nSPS) is 32.7. The first-order valence-electron chi connectivity index (χ1n) is 4.59. The number of rotatable bonds is 2. The Hall–Kier alpha value is -0.0800. The topological polar surface area (TPSA) is 35.2 Å². The SMILES string of the molecule is CC(C)OC1CCC(N)CC1. The molecule has 0 aromatic heterocycles. The molecule has 1 fully saturated rings. The summed E-state index contributed by atoms with van der Waals surface area (Å²) in [6.45, 7) is 4.18. The van der Waals surface area contributed by atoms with E-state index in [0.717, 1.165) is 25.7 Å². The molecule has 0 aromatic carbocycles. The van der Waals surface area contributed by atoms with Gasteiger partial charge in [0.1, 0.15) is 0 Å². The summed E-state index contributed by atoms with van der Waals surface area (Å²) >= 11 is 0. The number of hydrogen-bond donors (Lipinski definition) is 1. The Bertz CT molecular complexity index is 106. The van der Waals surface area contributed by atoms with Gasteiger partial charge < -0.3 is 10.5 Å². The molecule has 1 rings (SSSR count). The predicted molar refractivity (Wildman–Crippen MR) is 46.5 cm³/mol. The van der Waals surface area contributed by atoms with Crippen LogP contribution in [0.25, 0.3) is 0 Å². The van der Waals surface area contributed by atoms with Crippen molar-refractivity contribution in [3.8, 4) is 0 Å². The van der Waals surface area contributed by atoms with Crippen molar-refractivity contribution in [2.24, 2.45) is 5.73 Å². The van der Waals surface area contributed by atoms with E-state index in [1.165, 1.54) is 0 Å². The van der Waals surface area contributed by atoms with Gasteiger partial charge in [-0.2, -0.15) is 0 Å². The average Bonchev–Trinajstić information content (AvgIpc) is 1.93. The first-order valence-corrected chi connectivity index (χ1v) is 4.59. The summed E-state index contributed by atoms with van der Waals surface area (Å²) in [4.78, 5) is 0. The zero-order valence-corrected chi connectivity index (χ0v) is 7.55. The van der Waals surface area contributed by atoms with Gasteiger partial charge in [-0.05, 0) is 39.5 Å². The third-order valence-corrected chi connectivity index (χ3v) is 2.18. The minimum atomic E-state index is 0.370. The molecule has 0 aliphatic heterocycles. The van der Waals surface area contributed by atoms with Crippen LogP contribution in [-0.2, 0) is 4.74 Å². The Labute approximate surface area is 69.1 Å². The van der Waals surface area contributed by atoms with Gasteiger partial charge in [-0.3, -0.25) is 0 Å². The van der Waals surface area contributed by atoms with Crippen LogP contribution < -0.4 is 5.73 Å². The van der Waals surface area contributed by atoms with Gasteiger partial charge in [0.05, 0.1) is 12.2 Å². The van der Waals surface area contributed by atoms with E-state index in [1.54, 1.807) is 0 Å². The number of nitrogens with two attached hydrogens (primary N) is 1. The highest BCUT2D eigenvalue weighted by Gasteiger charge is 2.19. The van der Waals surface area contributed by atoms with Crippen LogP contribution in [0.1, 0.15) is 39.5 Å². The van der Waals surface area contributed by atoms with Crippen molar-refractivity contribution in [3.63, 3.8) is 0 Å². The summed E-state index contributed by atoms with van der Waals surface area (Å²) in [5, 5.41) is 0. The fraction of sp³-hybridized carbons (Fsp3) is 1.00. The second-order valence-electron chi connectivity index (χ2n) is 3.72. The van der Waals surface area contributed by atoms with Gasteiger partial charge >= 0.3 is 0 Å². The summed E-state index contributed by atoms with van der Waals surface area (Å²) in [5.74, 6) is 0. The van der Waals surface area contributed by atoms with Gasteiger partial charge in [0, 0.05) is 6.04 Å². The monoisotopic (exact) mass is 157 g/mol. The average molecular weight is 157 g/mol.